The van der Waals surface area contributed by atoms with E-state index in [0.717, 1.165) is 47.7 Å². The molecule has 0 spiro atoms. The van der Waals surface area contributed by atoms with Crippen LogP contribution in [0.25, 0.3) is 11.1 Å². The van der Waals surface area contributed by atoms with Crippen LogP contribution in [0.1, 0.15) is 72.8 Å². The number of anilines is 1. The molecule has 1 N–H and O–H groups in total. The number of hydrogen-bond acceptors (Lipinski definition) is 5. The Morgan fingerprint density at radius 2 is 1.23 bits per heavy atom. The first-order chi connectivity index (χ1) is 22.8. The second-order valence-corrected chi connectivity index (χ2v) is 13.2. The number of amides is 1. The molecule has 48 heavy (non-hydrogen) atoms. The average Bonchev–Trinajstić information content (AvgIpc) is 3.04. The van der Waals surface area contributed by atoms with Crippen molar-refractivity contribution in [1.82, 2.24) is 0 Å². The Balaban J connectivity index is 0.000000302. The fourth-order valence-corrected chi connectivity index (χ4v) is 5.08. The van der Waals surface area contributed by atoms with E-state index in [2.05, 4.69) is 66.3 Å². The standard InChI is InChI=1S/C23H22BrNO.C12H16O2.C4H8O2.C2H6/c1-15-12-16(2)23(17(3)13-15)19-6-10-21(11-7-19)25-22(26)14-18-4-8-20(24)9-5-18;1-9-5-7-10(8-6-9)11(13)14-12(2,3)4;1-2-6-4-3-5-1;1-2/h4-13H,14H2,1-3H3,(H,25,26);5-8H,1-4H3;1-4H2;1-2H3. The number of nitrogens with one attached hydrogen (secondary N) is 1. The zero-order valence-corrected chi connectivity index (χ0v) is 31.6. The number of aryl methyl sites for hydroxylation is 4. The van der Waals surface area contributed by atoms with Crippen molar-refractivity contribution in [3.63, 3.8) is 0 Å². The molecule has 258 valence electrons. The lowest BCUT2D eigenvalue weighted by Gasteiger charge is -2.19. The van der Waals surface area contributed by atoms with Gasteiger partial charge in [0.25, 0.3) is 0 Å². The summed E-state index contributed by atoms with van der Waals surface area (Å²) < 4.78 is 16.1. The van der Waals surface area contributed by atoms with E-state index < -0.39 is 5.60 Å². The minimum Gasteiger partial charge on any atom is -0.456 e. The molecular formula is C41H52BrNO5. The van der Waals surface area contributed by atoms with Crippen LogP contribution in [0.4, 0.5) is 5.69 Å². The fourth-order valence-electron chi connectivity index (χ4n) is 4.81. The van der Waals surface area contributed by atoms with Crippen LogP contribution in [-0.4, -0.2) is 43.9 Å². The van der Waals surface area contributed by atoms with E-state index in [9.17, 15) is 9.59 Å². The van der Waals surface area contributed by atoms with Crippen LogP contribution in [0.15, 0.2) is 89.4 Å². The smallest absolute Gasteiger partial charge is 0.338 e. The zero-order chi connectivity index (χ0) is 35.7. The van der Waals surface area contributed by atoms with Gasteiger partial charge in [-0.05, 0) is 113 Å². The highest BCUT2D eigenvalue weighted by atomic mass is 79.9. The number of benzene rings is 4. The highest BCUT2D eigenvalue weighted by molar-refractivity contribution is 9.10. The minimum absolute atomic E-state index is 0.0113. The second kappa shape index (κ2) is 20.6. The van der Waals surface area contributed by atoms with Gasteiger partial charge < -0.3 is 19.5 Å². The van der Waals surface area contributed by atoms with Crippen molar-refractivity contribution < 1.29 is 23.8 Å². The molecule has 4 aromatic carbocycles. The lowest BCUT2D eigenvalue weighted by atomic mass is 9.94. The topological polar surface area (TPSA) is 73.9 Å². The predicted octanol–water partition coefficient (Wildman–Crippen LogP) is 10.2. The molecule has 0 aromatic heterocycles. The number of halogens is 1. The molecule has 1 heterocycles. The third-order valence-corrected chi connectivity index (χ3v) is 7.37. The largest absolute Gasteiger partial charge is 0.456 e. The number of esters is 1. The van der Waals surface area contributed by atoms with Gasteiger partial charge in [0.1, 0.15) is 5.60 Å². The van der Waals surface area contributed by atoms with E-state index in [4.69, 9.17) is 14.2 Å². The van der Waals surface area contributed by atoms with Gasteiger partial charge in [0.05, 0.1) is 38.4 Å². The zero-order valence-electron chi connectivity index (χ0n) is 30.0. The Labute approximate surface area is 296 Å². The third-order valence-electron chi connectivity index (χ3n) is 6.84. The quantitative estimate of drug-likeness (QED) is 0.208. The van der Waals surface area contributed by atoms with Crippen LogP contribution in [0.2, 0.25) is 0 Å². The summed E-state index contributed by atoms with van der Waals surface area (Å²) in [6, 6.07) is 27.7. The summed E-state index contributed by atoms with van der Waals surface area (Å²) in [7, 11) is 0. The molecule has 1 fully saturated rings. The van der Waals surface area contributed by atoms with Gasteiger partial charge in [-0.15, -0.1) is 0 Å². The van der Waals surface area contributed by atoms with E-state index in [0.29, 0.717) is 12.0 Å². The van der Waals surface area contributed by atoms with E-state index in [1.165, 1.54) is 27.8 Å². The van der Waals surface area contributed by atoms with Gasteiger partial charge in [-0.3, -0.25) is 4.79 Å². The van der Waals surface area contributed by atoms with Crippen molar-refractivity contribution in [2.45, 2.75) is 74.3 Å². The van der Waals surface area contributed by atoms with Gasteiger partial charge in [0.2, 0.25) is 5.91 Å². The van der Waals surface area contributed by atoms with E-state index >= 15 is 0 Å². The van der Waals surface area contributed by atoms with Gasteiger partial charge in [-0.25, -0.2) is 4.79 Å². The Morgan fingerprint density at radius 3 is 1.69 bits per heavy atom. The Hall–Kier alpha value is -3.78. The van der Waals surface area contributed by atoms with Crippen molar-refractivity contribution in [3.05, 3.63) is 123 Å². The Bertz CT molecular complexity index is 1520. The van der Waals surface area contributed by atoms with Crippen molar-refractivity contribution >= 4 is 33.5 Å². The summed E-state index contributed by atoms with van der Waals surface area (Å²) in [5.41, 5.74) is 9.38. The number of hydrogen-bond donors (Lipinski definition) is 1. The summed E-state index contributed by atoms with van der Waals surface area (Å²) in [5, 5.41) is 2.97. The number of ether oxygens (including phenoxy) is 3. The van der Waals surface area contributed by atoms with E-state index in [1.54, 1.807) is 12.1 Å². The maximum Gasteiger partial charge on any atom is 0.338 e. The molecule has 5 rings (SSSR count). The molecule has 0 radical (unpaired) electrons. The molecular weight excluding hydrogens is 666 g/mol. The first-order valence-corrected chi connectivity index (χ1v) is 17.3. The molecule has 0 bridgehead atoms. The van der Waals surface area contributed by atoms with Crippen molar-refractivity contribution in [3.8, 4) is 11.1 Å². The van der Waals surface area contributed by atoms with Gasteiger partial charge >= 0.3 is 5.97 Å². The van der Waals surface area contributed by atoms with E-state index in [-0.39, 0.29) is 11.9 Å². The van der Waals surface area contributed by atoms with Crippen LogP contribution in [0.3, 0.4) is 0 Å². The molecule has 0 saturated carbocycles. The third kappa shape index (κ3) is 15.0. The first-order valence-electron chi connectivity index (χ1n) is 16.5. The molecule has 4 aromatic rings. The maximum atomic E-state index is 12.2. The van der Waals surface area contributed by atoms with Gasteiger partial charge in [0, 0.05) is 10.2 Å². The maximum absolute atomic E-state index is 12.2. The summed E-state index contributed by atoms with van der Waals surface area (Å²) in [6.45, 7) is 21.1. The monoisotopic (exact) mass is 717 g/mol. The number of carbonyl (C=O) groups excluding carboxylic acids is 2. The van der Waals surface area contributed by atoms with Crippen molar-refractivity contribution in [2.24, 2.45) is 0 Å². The fraction of sp³-hybridized carbons (Fsp3) is 0.366. The lowest BCUT2D eigenvalue weighted by Crippen LogP contribution is -2.23. The Morgan fingerprint density at radius 1 is 0.729 bits per heavy atom. The Kier molecular flexibility index (Phi) is 17.3. The van der Waals surface area contributed by atoms with Gasteiger partial charge in [0.15, 0.2) is 0 Å². The highest BCUT2D eigenvalue weighted by Gasteiger charge is 2.17. The van der Waals surface area contributed by atoms with Gasteiger partial charge in [-0.1, -0.05) is 89.4 Å². The molecule has 1 saturated heterocycles. The molecule has 1 amide bonds. The molecule has 1 aliphatic heterocycles. The van der Waals surface area contributed by atoms with Crippen molar-refractivity contribution in [2.75, 3.05) is 31.7 Å². The first kappa shape index (κ1) is 40.4. The van der Waals surface area contributed by atoms with Crippen LogP contribution in [0, 0.1) is 27.7 Å². The average molecular weight is 719 g/mol. The summed E-state index contributed by atoms with van der Waals surface area (Å²) in [5.74, 6) is -0.278. The summed E-state index contributed by atoms with van der Waals surface area (Å²) >= 11 is 3.40. The molecule has 6 nitrogen and oxygen atoms in total. The van der Waals surface area contributed by atoms with Crippen LogP contribution in [-0.2, 0) is 25.4 Å². The van der Waals surface area contributed by atoms with Gasteiger partial charge in [-0.2, -0.15) is 0 Å². The lowest BCUT2D eigenvalue weighted by molar-refractivity contribution is -0.115. The SMILES string of the molecule is C1COCCO1.CC.Cc1cc(C)c(-c2ccc(NC(=O)Cc3ccc(Br)cc3)cc2)c(C)c1.Cc1ccc(C(=O)OC(C)(C)C)cc1. The van der Waals surface area contributed by atoms with Crippen LogP contribution < -0.4 is 5.32 Å². The van der Waals surface area contributed by atoms with Crippen molar-refractivity contribution in [1.29, 1.82) is 0 Å². The highest BCUT2D eigenvalue weighted by Crippen LogP contribution is 2.29. The summed E-state index contributed by atoms with van der Waals surface area (Å²) in [6.07, 6.45) is 0.366. The second-order valence-electron chi connectivity index (χ2n) is 12.3. The molecule has 1 aliphatic rings. The molecule has 7 heteroatoms. The molecule has 0 aliphatic carbocycles. The minimum atomic E-state index is -0.429. The normalized spacial score (nSPS) is 12.1. The molecule has 0 unspecified atom stereocenters. The summed E-state index contributed by atoms with van der Waals surface area (Å²) in [4.78, 5) is 23.8. The predicted molar refractivity (Wildman–Crippen MR) is 202 cm³/mol. The number of carbonyl (C=O) groups is 2. The van der Waals surface area contributed by atoms with E-state index in [1.807, 2.05) is 90.1 Å². The number of rotatable bonds is 5. The molecule has 0 atom stereocenters. The van der Waals surface area contributed by atoms with Crippen LogP contribution >= 0.6 is 15.9 Å². The van der Waals surface area contributed by atoms with Crippen LogP contribution in [0.5, 0.6) is 0 Å².